The standard InChI is InChI=1S/C14H22O/c1-3-4-5-7-10-13(2)15-14-11-8-6-9-12-14/h6,8-9,11-13H,3-5,7,10H2,1-2H3. The minimum absolute atomic E-state index is 0.337. The zero-order valence-electron chi connectivity index (χ0n) is 9.91. The van der Waals surface area contributed by atoms with Crippen LogP contribution in [0.4, 0.5) is 0 Å². The van der Waals surface area contributed by atoms with Gasteiger partial charge in [0.2, 0.25) is 0 Å². The van der Waals surface area contributed by atoms with E-state index in [1.165, 1.54) is 25.7 Å². The topological polar surface area (TPSA) is 9.23 Å². The molecule has 1 nitrogen and oxygen atoms in total. The van der Waals surface area contributed by atoms with Crippen LogP contribution in [0, 0.1) is 0 Å². The molecule has 1 atom stereocenters. The molecule has 1 heteroatoms. The lowest BCUT2D eigenvalue weighted by molar-refractivity contribution is 0.206. The maximum absolute atomic E-state index is 5.79. The lowest BCUT2D eigenvalue weighted by Gasteiger charge is -2.14. The Kier molecular flexibility index (Phi) is 5.91. The van der Waals surface area contributed by atoms with Crippen LogP contribution in [0.15, 0.2) is 30.3 Å². The van der Waals surface area contributed by atoms with E-state index in [2.05, 4.69) is 13.8 Å². The average Bonchev–Trinajstić information content (AvgIpc) is 2.26. The minimum Gasteiger partial charge on any atom is -0.491 e. The molecule has 0 aliphatic heterocycles. The first-order chi connectivity index (χ1) is 7.33. The number of hydrogen-bond donors (Lipinski definition) is 0. The Morgan fingerprint density at radius 2 is 1.80 bits per heavy atom. The highest BCUT2D eigenvalue weighted by atomic mass is 16.5. The molecule has 1 aromatic carbocycles. The van der Waals surface area contributed by atoms with Crippen molar-refractivity contribution in [3.8, 4) is 5.75 Å². The van der Waals surface area contributed by atoms with Gasteiger partial charge in [-0.15, -0.1) is 0 Å². The Balaban J connectivity index is 2.16. The lowest BCUT2D eigenvalue weighted by atomic mass is 10.1. The number of unbranched alkanes of at least 4 members (excludes halogenated alkanes) is 3. The van der Waals surface area contributed by atoms with Crippen molar-refractivity contribution in [2.45, 2.75) is 52.1 Å². The monoisotopic (exact) mass is 206 g/mol. The van der Waals surface area contributed by atoms with E-state index < -0.39 is 0 Å². The van der Waals surface area contributed by atoms with Gasteiger partial charge in [0.1, 0.15) is 5.75 Å². The van der Waals surface area contributed by atoms with Gasteiger partial charge in [-0.05, 0) is 31.9 Å². The second-order valence-electron chi connectivity index (χ2n) is 4.09. The Morgan fingerprint density at radius 1 is 1.07 bits per heavy atom. The van der Waals surface area contributed by atoms with E-state index in [4.69, 9.17) is 4.74 Å². The lowest BCUT2D eigenvalue weighted by Crippen LogP contribution is -2.11. The fourth-order valence-electron chi connectivity index (χ4n) is 1.65. The Hall–Kier alpha value is -0.980. The van der Waals surface area contributed by atoms with E-state index in [1.807, 2.05) is 30.3 Å². The van der Waals surface area contributed by atoms with Crippen LogP contribution in [0.3, 0.4) is 0 Å². The molecule has 0 radical (unpaired) electrons. The van der Waals surface area contributed by atoms with Crippen molar-refractivity contribution < 1.29 is 4.74 Å². The smallest absolute Gasteiger partial charge is 0.119 e. The Bertz CT molecular complexity index is 243. The third-order valence-corrected chi connectivity index (χ3v) is 2.54. The van der Waals surface area contributed by atoms with Gasteiger partial charge >= 0.3 is 0 Å². The molecule has 0 fully saturated rings. The third-order valence-electron chi connectivity index (χ3n) is 2.54. The fraction of sp³-hybridized carbons (Fsp3) is 0.571. The molecular formula is C14H22O. The van der Waals surface area contributed by atoms with Crippen molar-refractivity contribution in [2.24, 2.45) is 0 Å². The molecule has 0 bridgehead atoms. The van der Waals surface area contributed by atoms with Gasteiger partial charge in [0.25, 0.3) is 0 Å². The van der Waals surface area contributed by atoms with Gasteiger partial charge in [0, 0.05) is 0 Å². The van der Waals surface area contributed by atoms with E-state index in [0.717, 1.165) is 12.2 Å². The molecule has 84 valence electrons. The molecule has 0 N–H and O–H groups in total. The highest BCUT2D eigenvalue weighted by Gasteiger charge is 2.02. The predicted molar refractivity (Wildman–Crippen MR) is 65.3 cm³/mol. The summed E-state index contributed by atoms with van der Waals surface area (Å²) >= 11 is 0. The van der Waals surface area contributed by atoms with Crippen molar-refractivity contribution >= 4 is 0 Å². The van der Waals surface area contributed by atoms with Crippen LogP contribution in [-0.2, 0) is 0 Å². The molecule has 15 heavy (non-hydrogen) atoms. The van der Waals surface area contributed by atoms with Gasteiger partial charge in [-0.2, -0.15) is 0 Å². The molecule has 1 unspecified atom stereocenters. The molecular weight excluding hydrogens is 184 g/mol. The largest absolute Gasteiger partial charge is 0.491 e. The molecule has 0 aliphatic rings. The van der Waals surface area contributed by atoms with Gasteiger partial charge in [0.05, 0.1) is 6.10 Å². The predicted octanol–water partition coefficient (Wildman–Crippen LogP) is 4.42. The first kappa shape index (κ1) is 12.1. The van der Waals surface area contributed by atoms with Crippen molar-refractivity contribution in [1.29, 1.82) is 0 Å². The molecule has 1 aromatic rings. The van der Waals surface area contributed by atoms with E-state index in [9.17, 15) is 0 Å². The summed E-state index contributed by atoms with van der Waals surface area (Å²) in [5.41, 5.74) is 0. The second-order valence-corrected chi connectivity index (χ2v) is 4.09. The first-order valence-corrected chi connectivity index (χ1v) is 6.04. The number of para-hydroxylation sites is 1. The van der Waals surface area contributed by atoms with Crippen LogP contribution >= 0.6 is 0 Å². The molecule has 0 spiro atoms. The molecule has 0 aliphatic carbocycles. The van der Waals surface area contributed by atoms with Gasteiger partial charge in [-0.3, -0.25) is 0 Å². The summed E-state index contributed by atoms with van der Waals surface area (Å²) in [4.78, 5) is 0. The Morgan fingerprint density at radius 3 is 2.47 bits per heavy atom. The van der Waals surface area contributed by atoms with Gasteiger partial charge in [0.15, 0.2) is 0 Å². The van der Waals surface area contributed by atoms with Crippen LogP contribution < -0.4 is 4.74 Å². The maximum atomic E-state index is 5.79. The highest BCUT2D eigenvalue weighted by molar-refractivity contribution is 5.21. The van der Waals surface area contributed by atoms with Crippen LogP contribution in [0.5, 0.6) is 5.75 Å². The minimum atomic E-state index is 0.337. The normalized spacial score (nSPS) is 12.4. The number of rotatable bonds is 7. The van der Waals surface area contributed by atoms with Crippen molar-refractivity contribution in [1.82, 2.24) is 0 Å². The van der Waals surface area contributed by atoms with Crippen molar-refractivity contribution in [3.63, 3.8) is 0 Å². The van der Waals surface area contributed by atoms with E-state index >= 15 is 0 Å². The van der Waals surface area contributed by atoms with Crippen LogP contribution in [0.2, 0.25) is 0 Å². The van der Waals surface area contributed by atoms with E-state index in [-0.39, 0.29) is 0 Å². The average molecular weight is 206 g/mol. The molecule has 0 heterocycles. The molecule has 0 amide bonds. The van der Waals surface area contributed by atoms with E-state index in [1.54, 1.807) is 0 Å². The summed E-state index contributed by atoms with van der Waals surface area (Å²) in [6, 6.07) is 10.1. The molecule has 0 aromatic heterocycles. The maximum Gasteiger partial charge on any atom is 0.119 e. The van der Waals surface area contributed by atoms with Crippen molar-refractivity contribution in [2.75, 3.05) is 0 Å². The van der Waals surface area contributed by atoms with Gasteiger partial charge in [-0.1, -0.05) is 44.4 Å². The summed E-state index contributed by atoms with van der Waals surface area (Å²) < 4.78 is 5.79. The van der Waals surface area contributed by atoms with Crippen LogP contribution in [0.1, 0.15) is 46.0 Å². The molecule has 1 rings (SSSR count). The summed E-state index contributed by atoms with van der Waals surface area (Å²) in [7, 11) is 0. The summed E-state index contributed by atoms with van der Waals surface area (Å²) in [6.07, 6.45) is 6.76. The quantitative estimate of drug-likeness (QED) is 0.600. The van der Waals surface area contributed by atoms with Crippen molar-refractivity contribution in [3.05, 3.63) is 30.3 Å². The first-order valence-electron chi connectivity index (χ1n) is 6.04. The molecule has 0 saturated heterocycles. The Labute approximate surface area is 93.5 Å². The number of hydrogen-bond acceptors (Lipinski definition) is 1. The van der Waals surface area contributed by atoms with Crippen LogP contribution in [0.25, 0.3) is 0 Å². The summed E-state index contributed by atoms with van der Waals surface area (Å²) in [6.45, 7) is 4.39. The van der Waals surface area contributed by atoms with Gasteiger partial charge < -0.3 is 4.74 Å². The van der Waals surface area contributed by atoms with Gasteiger partial charge in [-0.25, -0.2) is 0 Å². The molecule has 0 saturated carbocycles. The zero-order valence-corrected chi connectivity index (χ0v) is 9.91. The van der Waals surface area contributed by atoms with Crippen LogP contribution in [-0.4, -0.2) is 6.10 Å². The SMILES string of the molecule is CCCCCCC(C)Oc1ccccc1. The van der Waals surface area contributed by atoms with E-state index in [0.29, 0.717) is 6.10 Å². The zero-order chi connectivity index (χ0) is 10.9. The summed E-state index contributed by atoms with van der Waals surface area (Å²) in [5.74, 6) is 0.987. The fourth-order valence-corrected chi connectivity index (χ4v) is 1.65. The summed E-state index contributed by atoms with van der Waals surface area (Å²) in [5, 5.41) is 0. The third kappa shape index (κ3) is 5.46. The highest BCUT2D eigenvalue weighted by Crippen LogP contribution is 2.14. The second kappa shape index (κ2) is 7.33. The number of benzene rings is 1. The number of ether oxygens (including phenoxy) is 1.